The van der Waals surface area contributed by atoms with Crippen LogP contribution in [0.1, 0.15) is 52.3 Å². The normalized spacial score (nSPS) is 13.6. The largest absolute Gasteiger partial charge is 0.465 e. The highest BCUT2D eigenvalue weighted by Crippen LogP contribution is 2.22. The maximum absolute atomic E-state index is 11.5. The van der Waals surface area contributed by atoms with Crippen LogP contribution in [-0.4, -0.2) is 22.7 Å². The van der Waals surface area contributed by atoms with Gasteiger partial charge in [0.05, 0.1) is 6.61 Å². The first-order chi connectivity index (χ1) is 7.36. The summed E-state index contributed by atoms with van der Waals surface area (Å²) in [7, 11) is 0. The zero-order valence-corrected chi connectivity index (χ0v) is 10.4. The predicted molar refractivity (Wildman–Crippen MR) is 58.0 cm³/mol. The van der Waals surface area contributed by atoms with Crippen molar-refractivity contribution in [3.8, 4) is 0 Å². The summed E-state index contributed by atoms with van der Waals surface area (Å²) in [5.41, 5.74) is -0.184. The van der Waals surface area contributed by atoms with Gasteiger partial charge in [-0.1, -0.05) is 25.9 Å². The lowest BCUT2D eigenvalue weighted by molar-refractivity contribution is -0.145. The lowest BCUT2D eigenvalue weighted by atomic mass is 9.96. The molecule has 1 aromatic heterocycles. The highest BCUT2D eigenvalue weighted by molar-refractivity contribution is 5.76. The van der Waals surface area contributed by atoms with E-state index in [1.165, 1.54) is 0 Å². The Balaban J connectivity index is 2.82. The van der Waals surface area contributed by atoms with Crippen LogP contribution < -0.4 is 0 Å². The number of carbonyl (C=O) groups excluding carboxylic acids is 1. The van der Waals surface area contributed by atoms with Gasteiger partial charge in [-0.25, -0.2) is 0 Å². The Bertz CT molecular complexity index is 366. The van der Waals surface area contributed by atoms with Crippen molar-refractivity contribution in [2.75, 3.05) is 6.61 Å². The average molecular weight is 226 g/mol. The Morgan fingerprint density at radius 2 is 2.12 bits per heavy atom. The first kappa shape index (κ1) is 12.7. The topological polar surface area (TPSA) is 65.2 Å². The number of esters is 1. The predicted octanol–water partition coefficient (Wildman–Crippen LogP) is 2.03. The van der Waals surface area contributed by atoms with E-state index in [0.29, 0.717) is 18.3 Å². The molecule has 0 fully saturated rings. The van der Waals surface area contributed by atoms with E-state index in [9.17, 15) is 4.79 Å². The Morgan fingerprint density at radius 1 is 1.50 bits per heavy atom. The molecule has 0 aliphatic rings. The molecule has 1 atom stereocenters. The molecule has 0 aliphatic carbocycles. The van der Waals surface area contributed by atoms with Crippen LogP contribution >= 0.6 is 0 Å². The molecule has 5 nitrogen and oxygen atoms in total. The van der Waals surface area contributed by atoms with E-state index in [-0.39, 0.29) is 11.4 Å². The third-order valence-corrected chi connectivity index (χ3v) is 2.12. The lowest BCUT2D eigenvalue weighted by Gasteiger charge is -2.11. The molecule has 0 saturated carbocycles. The molecular weight excluding hydrogens is 208 g/mol. The van der Waals surface area contributed by atoms with Crippen molar-refractivity contribution in [3.63, 3.8) is 0 Å². The van der Waals surface area contributed by atoms with Crippen LogP contribution in [0, 0.1) is 0 Å². The van der Waals surface area contributed by atoms with Crippen molar-refractivity contribution in [2.24, 2.45) is 0 Å². The second kappa shape index (κ2) is 4.63. The van der Waals surface area contributed by atoms with Gasteiger partial charge in [0, 0.05) is 5.41 Å². The SMILES string of the molecule is CCOC(=O)C(C)c1nc(C(C)(C)C)no1. The minimum atomic E-state index is -0.511. The Kier molecular flexibility index (Phi) is 3.67. The zero-order valence-electron chi connectivity index (χ0n) is 10.4. The average Bonchev–Trinajstić information content (AvgIpc) is 2.65. The molecule has 1 heterocycles. The molecule has 0 saturated heterocycles. The lowest BCUT2D eigenvalue weighted by Crippen LogP contribution is -2.15. The molecule has 0 bridgehead atoms. The fourth-order valence-corrected chi connectivity index (χ4v) is 1.08. The highest BCUT2D eigenvalue weighted by Gasteiger charge is 2.26. The number of nitrogens with zero attached hydrogens (tertiary/aromatic N) is 2. The van der Waals surface area contributed by atoms with E-state index in [1.807, 2.05) is 20.8 Å². The van der Waals surface area contributed by atoms with Crippen molar-refractivity contribution < 1.29 is 14.1 Å². The van der Waals surface area contributed by atoms with Crippen LogP contribution in [0.2, 0.25) is 0 Å². The van der Waals surface area contributed by atoms with Crippen molar-refractivity contribution in [3.05, 3.63) is 11.7 Å². The van der Waals surface area contributed by atoms with Crippen molar-refractivity contribution in [2.45, 2.75) is 46.0 Å². The molecule has 0 aliphatic heterocycles. The number of carbonyl (C=O) groups is 1. The highest BCUT2D eigenvalue weighted by atomic mass is 16.5. The second-order valence-corrected chi connectivity index (χ2v) is 4.68. The van der Waals surface area contributed by atoms with Crippen molar-refractivity contribution in [1.29, 1.82) is 0 Å². The molecule has 5 heteroatoms. The van der Waals surface area contributed by atoms with Gasteiger partial charge < -0.3 is 9.26 Å². The first-order valence-corrected chi connectivity index (χ1v) is 5.37. The van der Waals surface area contributed by atoms with Gasteiger partial charge in [-0.2, -0.15) is 4.98 Å². The standard InChI is InChI=1S/C11H18N2O3/c1-6-15-9(14)7(2)8-12-10(13-16-8)11(3,4)5/h7H,6H2,1-5H3. The Hall–Kier alpha value is -1.39. The van der Waals surface area contributed by atoms with E-state index < -0.39 is 5.92 Å². The quantitative estimate of drug-likeness (QED) is 0.738. The van der Waals surface area contributed by atoms with Crippen LogP contribution in [0.4, 0.5) is 0 Å². The van der Waals surface area contributed by atoms with Crippen molar-refractivity contribution >= 4 is 5.97 Å². The summed E-state index contributed by atoms with van der Waals surface area (Å²) in [4.78, 5) is 15.7. The summed E-state index contributed by atoms with van der Waals surface area (Å²) in [6.45, 7) is 9.75. The Morgan fingerprint density at radius 3 is 2.56 bits per heavy atom. The summed E-state index contributed by atoms with van der Waals surface area (Å²) in [6.07, 6.45) is 0. The maximum Gasteiger partial charge on any atom is 0.318 e. The third-order valence-electron chi connectivity index (χ3n) is 2.12. The van der Waals surface area contributed by atoms with E-state index >= 15 is 0 Å². The van der Waals surface area contributed by atoms with Crippen LogP contribution in [0.15, 0.2) is 4.52 Å². The summed E-state index contributed by atoms with van der Waals surface area (Å²) in [5.74, 6) is 0.0529. The molecule has 0 amide bonds. The second-order valence-electron chi connectivity index (χ2n) is 4.68. The maximum atomic E-state index is 11.5. The minimum absolute atomic E-state index is 0.184. The van der Waals surface area contributed by atoms with Crippen LogP contribution in [0.3, 0.4) is 0 Å². The van der Waals surface area contributed by atoms with Gasteiger partial charge in [0.2, 0.25) is 5.89 Å². The fraction of sp³-hybridized carbons (Fsp3) is 0.727. The number of rotatable bonds is 3. The van der Waals surface area contributed by atoms with Crippen LogP contribution in [-0.2, 0) is 14.9 Å². The van der Waals surface area contributed by atoms with Crippen LogP contribution in [0.25, 0.3) is 0 Å². The van der Waals surface area contributed by atoms with E-state index in [1.54, 1.807) is 13.8 Å². The van der Waals surface area contributed by atoms with Gasteiger partial charge in [-0.3, -0.25) is 4.79 Å². The first-order valence-electron chi connectivity index (χ1n) is 5.37. The van der Waals surface area contributed by atoms with E-state index in [0.717, 1.165) is 0 Å². The van der Waals surface area contributed by atoms with Gasteiger partial charge in [0.15, 0.2) is 5.82 Å². The van der Waals surface area contributed by atoms with E-state index in [4.69, 9.17) is 9.26 Å². The minimum Gasteiger partial charge on any atom is -0.465 e. The van der Waals surface area contributed by atoms with Gasteiger partial charge in [-0.05, 0) is 13.8 Å². The molecule has 0 N–H and O–H groups in total. The zero-order chi connectivity index (χ0) is 12.3. The fourth-order valence-electron chi connectivity index (χ4n) is 1.08. The molecule has 90 valence electrons. The molecule has 0 spiro atoms. The molecule has 0 radical (unpaired) electrons. The van der Waals surface area contributed by atoms with Gasteiger partial charge in [0.1, 0.15) is 5.92 Å². The number of ether oxygens (including phenoxy) is 1. The summed E-state index contributed by atoms with van der Waals surface area (Å²) in [6, 6.07) is 0. The summed E-state index contributed by atoms with van der Waals surface area (Å²) < 4.78 is 9.94. The van der Waals surface area contributed by atoms with Gasteiger partial charge >= 0.3 is 5.97 Å². The smallest absolute Gasteiger partial charge is 0.318 e. The molecule has 1 unspecified atom stereocenters. The summed E-state index contributed by atoms with van der Waals surface area (Å²) in [5, 5.41) is 3.86. The Labute approximate surface area is 95.2 Å². The van der Waals surface area contributed by atoms with Crippen LogP contribution in [0.5, 0.6) is 0 Å². The number of aromatic nitrogens is 2. The van der Waals surface area contributed by atoms with Gasteiger partial charge in [0.25, 0.3) is 0 Å². The van der Waals surface area contributed by atoms with E-state index in [2.05, 4.69) is 10.1 Å². The summed E-state index contributed by atoms with van der Waals surface area (Å²) >= 11 is 0. The monoisotopic (exact) mass is 226 g/mol. The molecular formula is C11H18N2O3. The molecule has 1 rings (SSSR count). The number of hydrogen-bond acceptors (Lipinski definition) is 5. The molecule has 16 heavy (non-hydrogen) atoms. The van der Waals surface area contributed by atoms with Gasteiger partial charge in [-0.15, -0.1) is 0 Å². The number of hydrogen-bond donors (Lipinski definition) is 0. The molecule has 0 aromatic carbocycles. The third kappa shape index (κ3) is 2.81. The van der Waals surface area contributed by atoms with Crippen molar-refractivity contribution in [1.82, 2.24) is 10.1 Å². The molecule has 1 aromatic rings.